The lowest BCUT2D eigenvalue weighted by Crippen LogP contribution is -2.70. The van der Waals surface area contributed by atoms with E-state index in [1.165, 1.54) is 27.7 Å². The number of hydrogen-bond donors (Lipinski definition) is 2. The maximum Gasteiger partial charge on any atom is 0.352 e. The number of β-lactam (4-membered cyclic amide) rings is 1. The minimum atomic E-state index is -1.13. The third-order valence-electron chi connectivity index (χ3n) is 3.37. The van der Waals surface area contributed by atoms with Gasteiger partial charge in [-0.2, -0.15) is 0 Å². The zero-order chi connectivity index (χ0) is 15.9. The van der Waals surface area contributed by atoms with Gasteiger partial charge < -0.3 is 10.4 Å². The summed E-state index contributed by atoms with van der Waals surface area (Å²) in [4.78, 5) is 36.5. The molecule has 1 saturated heterocycles. The molecule has 2 N–H and O–H groups in total. The van der Waals surface area contributed by atoms with Crippen LogP contribution < -0.4 is 5.32 Å². The van der Waals surface area contributed by atoms with E-state index < -0.39 is 23.8 Å². The van der Waals surface area contributed by atoms with E-state index in [0.717, 1.165) is 0 Å². The first-order valence-corrected chi connectivity index (χ1v) is 7.41. The Morgan fingerprint density at radius 3 is 2.95 bits per heavy atom. The van der Waals surface area contributed by atoms with Crippen molar-refractivity contribution in [3.05, 3.63) is 17.6 Å². The predicted octanol–water partition coefficient (Wildman–Crippen LogP) is -1.57. The van der Waals surface area contributed by atoms with Gasteiger partial charge in [-0.25, -0.2) is 9.48 Å². The predicted molar refractivity (Wildman–Crippen MR) is 73.2 cm³/mol. The van der Waals surface area contributed by atoms with Gasteiger partial charge in [-0.05, 0) is 22.9 Å². The number of carboxylic acid groups (broad SMARTS) is 1. The van der Waals surface area contributed by atoms with Gasteiger partial charge in [-0.3, -0.25) is 14.5 Å². The van der Waals surface area contributed by atoms with Crippen molar-refractivity contribution in [2.45, 2.75) is 24.9 Å². The molecule has 0 radical (unpaired) electrons. The number of rotatable bonds is 4. The highest BCUT2D eigenvalue weighted by molar-refractivity contribution is 8.00. The molecule has 10 nitrogen and oxygen atoms in total. The van der Waals surface area contributed by atoms with Gasteiger partial charge in [-0.15, -0.1) is 16.9 Å². The first-order valence-electron chi connectivity index (χ1n) is 6.37. The Hall–Kier alpha value is -2.43. The van der Waals surface area contributed by atoms with Gasteiger partial charge in [0.25, 0.3) is 5.91 Å². The van der Waals surface area contributed by atoms with Crippen LogP contribution in [0.5, 0.6) is 0 Å². The van der Waals surface area contributed by atoms with E-state index in [0.29, 0.717) is 11.3 Å². The first kappa shape index (κ1) is 14.5. The van der Waals surface area contributed by atoms with Crippen molar-refractivity contribution in [2.24, 2.45) is 0 Å². The number of amides is 2. The topological polar surface area (TPSA) is 130 Å². The first-order chi connectivity index (χ1) is 10.5. The molecule has 0 spiro atoms. The van der Waals surface area contributed by atoms with Crippen molar-refractivity contribution >= 4 is 29.5 Å². The van der Waals surface area contributed by atoms with Crippen LogP contribution in [0.3, 0.4) is 0 Å². The molecule has 0 aromatic carbocycles. The van der Waals surface area contributed by atoms with Crippen LogP contribution in [0.1, 0.15) is 6.92 Å². The van der Waals surface area contributed by atoms with Crippen LogP contribution in [-0.2, 0) is 20.9 Å². The summed E-state index contributed by atoms with van der Waals surface area (Å²) in [5.41, 5.74) is 0.653. The fourth-order valence-corrected chi connectivity index (χ4v) is 3.69. The second-order valence-corrected chi connectivity index (χ2v) is 6.00. The molecular weight excluding hydrogens is 312 g/mol. The van der Waals surface area contributed by atoms with E-state index in [1.807, 2.05) is 0 Å². The number of tetrazole rings is 1. The number of carbonyl (C=O) groups is 3. The standard InChI is InChI=1S/C11H12N6O4S/c1-5-3-22-10-7(9(19)17(10)8(5)11(20)21)13-6(18)2-16-4-12-14-15-16/h4,7,10H,2-3H2,1H3,(H,13,18)(H,20,21). The molecule has 0 bridgehead atoms. The van der Waals surface area contributed by atoms with Crippen LogP contribution in [0, 0.1) is 0 Å². The summed E-state index contributed by atoms with van der Waals surface area (Å²) in [6.07, 6.45) is 1.29. The van der Waals surface area contributed by atoms with Crippen molar-refractivity contribution in [3.63, 3.8) is 0 Å². The lowest BCUT2D eigenvalue weighted by Gasteiger charge is -2.49. The van der Waals surface area contributed by atoms with E-state index in [2.05, 4.69) is 20.8 Å². The van der Waals surface area contributed by atoms with Crippen molar-refractivity contribution in [2.75, 3.05) is 5.75 Å². The molecule has 2 atom stereocenters. The number of carboxylic acids is 1. The van der Waals surface area contributed by atoms with Crippen LogP contribution in [0.25, 0.3) is 0 Å². The minimum absolute atomic E-state index is 0.0136. The molecule has 1 aromatic heterocycles. The average Bonchev–Trinajstić information content (AvgIpc) is 2.97. The molecule has 2 aliphatic heterocycles. The fourth-order valence-electron chi connectivity index (χ4n) is 2.39. The van der Waals surface area contributed by atoms with E-state index in [1.54, 1.807) is 6.92 Å². The molecule has 116 valence electrons. The molecule has 2 aliphatic rings. The van der Waals surface area contributed by atoms with Crippen LogP contribution in [0.4, 0.5) is 0 Å². The van der Waals surface area contributed by atoms with E-state index >= 15 is 0 Å². The second-order valence-electron chi connectivity index (χ2n) is 4.90. The maximum atomic E-state index is 12.1. The van der Waals surface area contributed by atoms with Crippen molar-refractivity contribution in [1.29, 1.82) is 0 Å². The highest BCUT2D eigenvalue weighted by atomic mass is 32.2. The number of nitrogens with zero attached hydrogens (tertiary/aromatic N) is 5. The number of hydrogen-bond acceptors (Lipinski definition) is 7. The number of aromatic nitrogens is 4. The van der Waals surface area contributed by atoms with Crippen LogP contribution in [-0.4, -0.2) is 65.2 Å². The zero-order valence-corrected chi connectivity index (χ0v) is 12.3. The van der Waals surface area contributed by atoms with Crippen molar-refractivity contribution < 1.29 is 19.5 Å². The summed E-state index contributed by atoms with van der Waals surface area (Å²) in [5.74, 6) is -1.45. The number of fused-ring (bicyclic) bond motifs is 1. The molecule has 2 amide bonds. The Kier molecular flexibility index (Phi) is 3.56. The lowest BCUT2D eigenvalue weighted by atomic mass is 10.0. The number of carbonyl (C=O) groups excluding carboxylic acids is 2. The minimum Gasteiger partial charge on any atom is -0.477 e. The second kappa shape index (κ2) is 5.40. The lowest BCUT2D eigenvalue weighted by molar-refractivity contribution is -0.150. The van der Waals surface area contributed by atoms with Crippen LogP contribution in [0.2, 0.25) is 0 Å². The summed E-state index contributed by atoms with van der Waals surface area (Å²) in [5, 5.41) is 21.8. The molecular formula is C11H12N6O4S. The quantitative estimate of drug-likeness (QED) is 0.635. The third-order valence-corrected chi connectivity index (χ3v) is 4.80. The Bertz CT molecular complexity index is 672. The van der Waals surface area contributed by atoms with E-state index in [4.69, 9.17) is 0 Å². The maximum absolute atomic E-state index is 12.1. The number of aliphatic carboxylic acids is 1. The summed E-state index contributed by atoms with van der Waals surface area (Å²) in [6, 6.07) is -0.726. The SMILES string of the molecule is CC1=C(C(=O)O)N2C(=O)C(NC(=O)Cn3cnnn3)C2SC1. The summed E-state index contributed by atoms with van der Waals surface area (Å²) < 4.78 is 1.23. The van der Waals surface area contributed by atoms with Gasteiger partial charge >= 0.3 is 5.97 Å². The molecule has 22 heavy (non-hydrogen) atoms. The molecule has 1 aromatic rings. The normalized spacial score (nSPS) is 23.9. The Morgan fingerprint density at radius 2 is 2.32 bits per heavy atom. The summed E-state index contributed by atoms with van der Waals surface area (Å²) in [7, 11) is 0. The molecule has 0 saturated carbocycles. The summed E-state index contributed by atoms with van der Waals surface area (Å²) in [6.45, 7) is 1.58. The molecule has 0 aliphatic carbocycles. The zero-order valence-electron chi connectivity index (χ0n) is 11.5. The Morgan fingerprint density at radius 1 is 1.55 bits per heavy atom. The van der Waals surface area contributed by atoms with Crippen molar-refractivity contribution in [3.8, 4) is 0 Å². The van der Waals surface area contributed by atoms with Crippen LogP contribution >= 0.6 is 11.8 Å². The van der Waals surface area contributed by atoms with Gasteiger partial charge in [0, 0.05) is 5.75 Å². The molecule has 3 rings (SSSR count). The van der Waals surface area contributed by atoms with Crippen molar-refractivity contribution in [1.82, 2.24) is 30.4 Å². The summed E-state index contributed by atoms with van der Waals surface area (Å²) >= 11 is 1.43. The molecule has 11 heteroatoms. The molecule has 1 fully saturated rings. The van der Waals surface area contributed by atoms with Crippen LogP contribution in [0.15, 0.2) is 17.6 Å². The average molecular weight is 324 g/mol. The Labute approximate surface area is 128 Å². The molecule has 2 unspecified atom stereocenters. The third kappa shape index (κ3) is 2.32. The Balaban J connectivity index is 1.68. The van der Waals surface area contributed by atoms with E-state index in [9.17, 15) is 19.5 Å². The van der Waals surface area contributed by atoms with Gasteiger partial charge in [-0.1, -0.05) is 0 Å². The van der Waals surface area contributed by atoms with E-state index in [-0.39, 0.29) is 17.6 Å². The highest BCUT2D eigenvalue weighted by Crippen LogP contribution is 2.39. The van der Waals surface area contributed by atoms with Gasteiger partial charge in [0.1, 0.15) is 30.0 Å². The van der Waals surface area contributed by atoms with Gasteiger partial charge in [0.15, 0.2) is 0 Å². The highest BCUT2D eigenvalue weighted by Gasteiger charge is 2.53. The number of thioether (sulfide) groups is 1. The number of nitrogens with one attached hydrogen (secondary N) is 1. The fraction of sp³-hybridized carbons (Fsp3) is 0.455. The monoisotopic (exact) mass is 324 g/mol. The van der Waals surface area contributed by atoms with Gasteiger partial charge in [0.05, 0.1) is 0 Å². The smallest absolute Gasteiger partial charge is 0.352 e. The van der Waals surface area contributed by atoms with Gasteiger partial charge in [0.2, 0.25) is 5.91 Å². The largest absolute Gasteiger partial charge is 0.477 e. The molecule has 3 heterocycles.